The number of imidazole rings is 1. The molecule has 5 N–H and O–H groups in total. The smallest absolute Gasteiger partial charge is 0.167 e. The lowest BCUT2D eigenvalue weighted by Crippen LogP contribution is -2.31. The maximum atomic E-state index is 10.0. The molecule has 0 spiro atoms. The molecular weight excluding hydrogens is 266 g/mol. The van der Waals surface area contributed by atoms with Gasteiger partial charge < -0.3 is 25.8 Å². The number of aliphatic hydroxyl groups is 3. The third-order valence-corrected chi connectivity index (χ3v) is 3.55. The van der Waals surface area contributed by atoms with E-state index in [9.17, 15) is 15.3 Å². The second-order valence-corrected chi connectivity index (χ2v) is 4.67. The monoisotopic (exact) mass is 281 g/mol. The Kier molecular flexibility index (Phi) is 3.26. The van der Waals surface area contributed by atoms with Gasteiger partial charge >= 0.3 is 0 Å². The topological polar surface area (TPSA) is 140 Å². The summed E-state index contributed by atoms with van der Waals surface area (Å²) in [6.45, 7) is -0.625. The van der Waals surface area contributed by atoms with Crippen molar-refractivity contribution in [1.29, 1.82) is 0 Å². The summed E-state index contributed by atoms with van der Waals surface area (Å²) in [5, 5.41) is 28.6. The minimum Gasteiger partial charge on any atom is -0.396 e. The number of nitrogens with zero attached hydrogens (tertiary/aromatic N) is 4. The lowest BCUT2D eigenvalue weighted by molar-refractivity contribution is -0.0463. The normalized spacial score (nSPS) is 30.1. The van der Waals surface area contributed by atoms with Crippen LogP contribution in [0.4, 0.5) is 5.82 Å². The van der Waals surface area contributed by atoms with Crippen LogP contribution in [0.25, 0.3) is 11.2 Å². The van der Waals surface area contributed by atoms with Crippen molar-refractivity contribution in [2.75, 3.05) is 18.9 Å². The molecule has 1 fully saturated rings. The molecule has 9 nitrogen and oxygen atoms in total. The number of aromatic nitrogens is 4. The van der Waals surface area contributed by atoms with E-state index in [1.165, 1.54) is 12.7 Å². The van der Waals surface area contributed by atoms with Crippen molar-refractivity contribution >= 4 is 17.0 Å². The molecule has 0 radical (unpaired) electrons. The van der Waals surface area contributed by atoms with E-state index in [2.05, 4.69) is 15.0 Å². The number of ether oxygens (including phenoxy) is 1. The number of anilines is 1. The number of aliphatic hydroxyl groups excluding tert-OH is 3. The van der Waals surface area contributed by atoms with Crippen LogP contribution in [0.15, 0.2) is 12.7 Å². The zero-order chi connectivity index (χ0) is 14.3. The number of rotatable bonds is 3. The van der Waals surface area contributed by atoms with E-state index in [0.29, 0.717) is 11.2 Å². The summed E-state index contributed by atoms with van der Waals surface area (Å²) in [4.78, 5) is 12.1. The first kappa shape index (κ1) is 13.2. The Morgan fingerprint density at radius 3 is 2.75 bits per heavy atom. The Balaban J connectivity index is 2.04. The van der Waals surface area contributed by atoms with Gasteiger partial charge in [-0.1, -0.05) is 0 Å². The molecular formula is C11H15N5O4. The van der Waals surface area contributed by atoms with Crippen molar-refractivity contribution in [3.8, 4) is 0 Å². The van der Waals surface area contributed by atoms with E-state index >= 15 is 0 Å². The fraction of sp³-hybridized carbons (Fsp3) is 0.545. The first-order valence-corrected chi connectivity index (χ1v) is 6.15. The van der Waals surface area contributed by atoms with Crippen molar-refractivity contribution in [1.82, 2.24) is 19.5 Å². The van der Waals surface area contributed by atoms with Gasteiger partial charge in [0, 0.05) is 0 Å². The summed E-state index contributed by atoms with van der Waals surface area (Å²) in [6, 6.07) is 0. The van der Waals surface area contributed by atoms with Crippen LogP contribution in [0.5, 0.6) is 0 Å². The minimum absolute atomic E-state index is 0.242. The zero-order valence-corrected chi connectivity index (χ0v) is 10.5. The van der Waals surface area contributed by atoms with Crippen molar-refractivity contribution in [3.63, 3.8) is 0 Å². The van der Waals surface area contributed by atoms with Crippen LogP contribution in [0, 0.1) is 5.92 Å². The van der Waals surface area contributed by atoms with Gasteiger partial charge in [0.1, 0.15) is 24.2 Å². The predicted octanol–water partition coefficient (Wildman–Crippen LogP) is -1.73. The molecule has 3 rings (SSSR count). The number of nitrogens with two attached hydrogens (primary N) is 1. The standard InChI is InChI=1S/C11H15N5O4/c12-9-7-10(14-3-13-9)16(4-15-7)11-5(1-17)8(19)6(2-18)20-11/h3-6,8,11,17-19H,1-2H2,(H2,12,13,14)/t5-,6-,8+,11-/m1/s1. The fourth-order valence-corrected chi connectivity index (χ4v) is 2.48. The third-order valence-electron chi connectivity index (χ3n) is 3.55. The largest absolute Gasteiger partial charge is 0.396 e. The van der Waals surface area contributed by atoms with E-state index in [1.54, 1.807) is 4.57 Å². The average Bonchev–Trinajstić information content (AvgIpc) is 3.00. The Morgan fingerprint density at radius 1 is 1.25 bits per heavy atom. The highest BCUT2D eigenvalue weighted by Gasteiger charge is 2.44. The summed E-state index contributed by atoms with van der Waals surface area (Å²) in [7, 11) is 0. The van der Waals surface area contributed by atoms with Crippen LogP contribution in [-0.2, 0) is 4.74 Å². The van der Waals surface area contributed by atoms with Gasteiger partial charge in [-0.25, -0.2) is 15.0 Å². The molecule has 0 aliphatic carbocycles. The Labute approximate surface area is 113 Å². The summed E-state index contributed by atoms with van der Waals surface area (Å²) in [5.41, 5.74) is 6.59. The minimum atomic E-state index is -0.966. The predicted molar refractivity (Wildman–Crippen MR) is 67.3 cm³/mol. The molecule has 108 valence electrons. The molecule has 1 aliphatic rings. The van der Waals surface area contributed by atoms with Crippen LogP contribution in [-0.4, -0.2) is 60.3 Å². The van der Waals surface area contributed by atoms with E-state index in [1.807, 2.05) is 0 Å². The molecule has 1 saturated heterocycles. The molecule has 20 heavy (non-hydrogen) atoms. The molecule has 0 bridgehead atoms. The second kappa shape index (κ2) is 4.94. The second-order valence-electron chi connectivity index (χ2n) is 4.67. The molecule has 2 aromatic heterocycles. The van der Waals surface area contributed by atoms with Crippen molar-refractivity contribution < 1.29 is 20.1 Å². The van der Waals surface area contributed by atoms with Crippen LogP contribution in [0.2, 0.25) is 0 Å². The summed E-state index contributed by atoms with van der Waals surface area (Å²) in [6.07, 6.45) is 0.376. The summed E-state index contributed by atoms with van der Waals surface area (Å²) in [5.74, 6) is -0.340. The molecule has 9 heteroatoms. The lowest BCUT2D eigenvalue weighted by atomic mass is 10.0. The number of nitrogen functional groups attached to an aromatic ring is 1. The highest BCUT2D eigenvalue weighted by atomic mass is 16.5. The van der Waals surface area contributed by atoms with Crippen LogP contribution in [0.1, 0.15) is 6.23 Å². The molecule has 1 aliphatic heterocycles. The first-order valence-electron chi connectivity index (χ1n) is 6.15. The van der Waals surface area contributed by atoms with Gasteiger partial charge in [0.2, 0.25) is 0 Å². The molecule has 4 atom stereocenters. The van der Waals surface area contributed by atoms with Gasteiger partial charge in [-0.2, -0.15) is 0 Å². The van der Waals surface area contributed by atoms with Gasteiger partial charge in [-0.3, -0.25) is 4.57 Å². The van der Waals surface area contributed by atoms with Gasteiger partial charge in [-0.05, 0) is 0 Å². The maximum absolute atomic E-state index is 10.0. The van der Waals surface area contributed by atoms with Gasteiger partial charge in [0.05, 0.1) is 31.6 Å². The molecule has 0 unspecified atom stereocenters. The summed E-state index contributed by atoms with van der Waals surface area (Å²) < 4.78 is 7.16. The van der Waals surface area contributed by atoms with Crippen molar-refractivity contribution in [3.05, 3.63) is 12.7 Å². The molecule has 2 aromatic rings. The van der Waals surface area contributed by atoms with Gasteiger partial charge in [0.15, 0.2) is 11.5 Å². The Bertz CT molecular complexity index is 618. The number of fused-ring (bicyclic) bond motifs is 1. The van der Waals surface area contributed by atoms with Crippen molar-refractivity contribution in [2.24, 2.45) is 5.92 Å². The van der Waals surface area contributed by atoms with Crippen molar-refractivity contribution in [2.45, 2.75) is 18.4 Å². The fourth-order valence-electron chi connectivity index (χ4n) is 2.48. The van der Waals surface area contributed by atoms with Gasteiger partial charge in [0.25, 0.3) is 0 Å². The average molecular weight is 281 g/mol. The molecule has 3 heterocycles. The van der Waals surface area contributed by atoms with Crippen LogP contribution in [0.3, 0.4) is 0 Å². The third kappa shape index (κ3) is 1.83. The Morgan fingerprint density at radius 2 is 2.05 bits per heavy atom. The van der Waals surface area contributed by atoms with Gasteiger partial charge in [-0.15, -0.1) is 0 Å². The van der Waals surface area contributed by atoms with E-state index < -0.39 is 24.4 Å². The highest BCUT2D eigenvalue weighted by Crippen LogP contribution is 2.36. The van der Waals surface area contributed by atoms with E-state index in [4.69, 9.17) is 10.5 Å². The Hall–Kier alpha value is -1.81. The molecule has 0 saturated carbocycles. The summed E-state index contributed by atoms with van der Waals surface area (Å²) >= 11 is 0. The van der Waals surface area contributed by atoms with Crippen LogP contribution >= 0.6 is 0 Å². The lowest BCUT2D eigenvalue weighted by Gasteiger charge is -2.19. The SMILES string of the molecule is Nc1ncnc2c1ncn2[C@@H]1O[C@H](CO)[C@@H](O)[C@H]1CO. The van der Waals surface area contributed by atoms with E-state index in [-0.39, 0.29) is 19.0 Å². The first-order chi connectivity index (χ1) is 9.67. The molecule has 0 aromatic carbocycles. The molecule has 0 amide bonds. The van der Waals surface area contributed by atoms with Crippen LogP contribution < -0.4 is 5.73 Å². The highest BCUT2D eigenvalue weighted by molar-refractivity contribution is 5.81. The maximum Gasteiger partial charge on any atom is 0.167 e. The number of hydrogen-bond acceptors (Lipinski definition) is 8. The quantitative estimate of drug-likeness (QED) is 0.520. The van der Waals surface area contributed by atoms with E-state index in [0.717, 1.165) is 0 Å². The zero-order valence-electron chi connectivity index (χ0n) is 10.5. The number of hydrogen-bond donors (Lipinski definition) is 4.